The molecule has 3 rings (SSSR count). The molecule has 2 aromatic carbocycles. The Balaban J connectivity index is 2.00. The molecule has 1 heterocycles. The van der Waals surface area contributed by atoms with Crippen molar-refractivity contribution in [3.8, 4) is 28.6 Å². The third-order valence-corrected chi connectivity index (χ3v) is 4.29. The molecule has 0 bridgehead atoms. The number of Topliss-reactive ketones (excluding diaryl/α,β-unsaturated/α-hetero) is 1. The Hall–Kier alpha value is -3.55. The summed E-state index contributed by atoms with van der Waals surface area (Å²) in [6.07, 6.45) is 0. The molecule has 0 atom stereocenters. The Morgan fingerprint density at radius 1 is 1.00 bits per heavy atom. The van der Waals surface area contributed by atoms with Crippen LogP contribution in [0.5, 0.6) is 17.2 Å². The van der Waals surface area contributed by atoms with Gasteiger partial charge in [-0.15, -0.1) is 0 Å². The van der Waals surface area contributed by atoms with Gasteiger partial charge in [-0.2, -0.15) is 0 Å². The maximum Gasteiger partial charge on any atom is 0.442 e. The highest BCUT2D eigenvalue weighted by atomic mass is 16.5. The highest BCUT2D eigenvalue weighted by molar-refractivity contribution is 5.98. The van der Waals surface area contributed by atoms with E-state index >= 15 is 0 Å². The van der Waals surface area contributed by atoms with E-state index in [1.807, 2.05) is 13.0 Å². The van der Waals surface area contributed by atoms with E-state index in [2.05, 4.69) is 5.16 Å². The smallest absolute Gasteiger partial charge is 0.442 e. The predicted molar refractivity (Wildman–Crippen MR) is 101 cm³/mol. The van der Waals surface area contributed by atoms with Gasteiger partial charge in [0.2, 0.25) is 0 Å². The van der Waals surface area contributed by atoms with E-state index in [1.165, 1.54) is 25.9 Å². The second-order valence-electron chi connectivity index (χ2n) is 6.05. The van der Waals surface area contributed by atoms with Crippen LogP contribution < -0.4 is 20.0 Å². The third kappa shape index (κ3) is 3.62. The number of hydrogen-bond acceptors (Lipinski definition) is 7. The van der Waals surface area contributed by atoms with E-state index in [1.54, 1.807) is 30.3 Å². The molecule has 1 aromatic heterocycles. The summed E-state index contributed by atoms with van der Waals surface area (Å²) in [5.74, 6) is 0.619. The minimum Gasteiger partial charge on any atom is -0.496 e. The summed E-state index contributed by atoms with van der Waals surface area (Å²) in [7, 11) is 4.52. The Morgan fingerprint density at radius 2 is 1.68 bits per heavy atom. The van der Waals surface area contributed by atoms with Crippen molar-refractivity contribution in [3.05, 3.63) is 58.1 Å². The molecule has 0 N–H and O–H groups in total. The van der Waals surface area contributed by atoms with Crippen molar-refractivity contribution in [3.63, 3.8) is 0 Å². The highest BCUT2D eigenvalue weighted by Crippen LogP contribution is 2.31. The summed E-state index contributed by atoms with van der Waals surface area (Å²) in [6.45, 7) is 1.63. The normalized spacial score (nSPS) is 10.6. The monoisotopic (exact) mass is 384 g/mol. The first-order valence-corrected chi connectivity index (χ1v) is 8.45. The molecule has 0 fully saturated rings. The lowest BCUT2D eigenvalue weighted by atomic mass is 10.1. The van der Waals surface area contributed by atoms with Gasteiger partial charge in [0, 0.05) is 5.56 Å². The molecule has 146 valence electrons. The van der Waals surface area contributed by atoms with Crippen molar-refractivity contribution in [2.45, 2.75) is 13.5 Å². The fraction of sp³-hybridized carbons (Fsp3) is 0.250. The fourth-order valence-corrected chi connectivity index (χ4v) is 2.86. The quantitative estimate of drug-likeness (QED) is 0.578. The van der Waals surface area contributed by atoms with Crippen molar-refractivity contribution >= 4 is 5.78 Å². The number of aromatic nitrogens is 2. The van der Waals surface area contributed by atoms with Gasteiger partial charge >= 0.3 is 5.76 Å². The molecule has 0 spiro atoms. The van der Waals surface area contributed by atoms with Gasteiger partial charge < -0.3 is 14.2 Å². The number of carbonyl (C=O) groups is 1. The largest absolute Gasteiger partial charge is 0.496 e. The minimum atomic E-state index is -0.732. The summed E-state index contributed by atoms with van der Waals surface area (Å²) in [5, 5.41) is 3.82. The topological polar surface area (TPSA) is 92.8 Å². The van der Waals surface area contributed by atoms with Crippen LogP contribution >= 0.6 is 0 Å². The third-order valence-electron chi connectivity index (χ3n) is 4.29. The first-order valence-electron chi connectivity index (χ1n) is 8.45. The lowest BCUT2D eigenvalue weighted by Crippen LogP contribution is -2.21. The highest BCUT2D eigenvalue weighted by Gasteiger charge is 2.20. The van der Waals surface area contributed by atoms with Gasteiger partial charge in [-0.25, -0.2) is 9.36 Å². The second kappa shape index (κ2) is 7.99. The van der Waals surface area contributed by atoms with Crippen LogP contribution in [-0.4, -0.2) is 36.8 Å². The number of rotatable bonds is 7. The van der Waals surface area contributed by atoms with Gasteiger partial charge in [0.25, 0.3) is 0 Å². The summed E-state index contributed by atoms with van der Waals surface area (Å²) in [4.78, 5) is 25.0. The number of benzene rings is 2. The average Bonchev–Trinajstić information content (AvgIpc) is 3.07. The lowest BCUT2D eigenvalue weighted by Gasteiger charge is -2.11. The Labute approximate surface area is 161 Å². The SMILES string of the molecule is COc1ccc(-c2noc(=O)n2CC(=O)c2cc(C)ccc2OC)cc1OC. The van der Waals surface area contributed by atoms with E-state index in [-0.39, 0.29) is 18.2 Å². The first-order chi connectivity index (χ1) is 13.5. The Morgan fingerprint density at radius 3 is 2.36 bits per heavy atom. The molecule has 0 saturated heterocycles. The average molecular weight is 384 g/mol. The molecule has 0 aliphatic carbocycles. The lowest BCUT2D eigenvalue weighted by molar-refractivity contribution is 0.0966. The molecule has 0 amide bonds. The van der Waals surface area contributed by atoms with Gasteiger partial charge in [-0.3, -0.25) is 9.32 Å². The molecule has 3 aromatic rings. The second-order valence-corrected chi connectivity index (χ2v) is 6.05. The van der Waals surface area contributed by atoms with Crippen LogP contribution in [0.3, 0.4) is 0 Å². The van der Waals surface area contributed by atoms with Gasteiger partial charge in [-0.05, 0) is 37.3 Å². The van der Waals surface area contributed by atoms with Crippen LogP contribution in [-0.2, 0) is 6.54 Å². The van der Waals surface area contributed by atoms with Crippen LogP contribution in [0.2, 0.25) is 0 Å². The summed E-state index contributed by atoms with van der Waals surface area (Å²) < 4.78 is 21.7. The number of methoxy groups -OCH3 is 3. The first kappa shape index (κ1) is 19.2. The molecule has 28 heavy (non-hydrogen) atoms. The van der Waals surface area contributed by atoms with Gasteiger partial charge in [-0.1, -0.05) is 16.8 Å². The molecular weight excluding hydrogens is 364 g/mol. The number of hydrogen-bond donors (Lipinski definition) is 0. The zero-order valence-corrected chi connectivity index (χ0v) is 16.0. The van der Waals surface area contributed by atoms with Gasteiger partial charge in [0.05, 0.1) is 33.4 Å². The van der Waals surface area contributed by atoms with Crippen LogP contribution in [0, 0.1) is 6.92 Å². The molecule has 8 nitrogen and oxygen atoms in total. The van der Waals surface area contributed by atoms with Crippen molar-refractivity contribution in [1.29, 1.82) is 0 Å². The van der Waals surface area contributed by atoms with E-state index in [0.717, 1.165) is 5.56 Å². The summed E-state index contributed by atoms with van der Waals surface area (Å²) in [6, 6.07) is 10.3. The molecule has 0 aliphatic rings. The number of carbonyl (C=O) groups excluding carboxylic acids is 1. The van der Waals surface area contributed by atoms with Crippen LogP contribution in [0.1, 0.15) is 15.9 Å². The Kier molecular flexibility index (Phi) is 5.49. The van der Waals surface area contributed by atoms with E-state index in [4.69, 9.17) is 18.7 Å². The van der Waals surface area contributed by atoms with E-state index in [0.29, 0.717) is 28.4 Å². The molecule has 8 heteroatoms. The molecule has 0 radical (unpaired) electrons. The van der Waals surface area contributed by atoms with Crippen molar-refractivity contribution in [1.82, 2.24) is 9.72 Å². The number of nitrogens with zero attached hydrogens (tertiary/aromatic N) is 2. The molecule has 0 unspecified atom stereocenters. The summed E-state index contributed by atoms with van der Waals surface area (Å²) >= 11 is 0. The van der Waals surface area contributed by atoms with Crippen LogP contribution in [0.25, 0.3) is 11.4 Å². The molecule has 0 aliphatic heterocycles. The van der Waals surface area contributed by atoms with Crippen LogP contribution in [0.15, 0.2) is 45.7 Å². The van der Waals surface area contributed by atoms with Gasteiger partial charge in [0.15, 0.2) is 23.1 Å². The predicted octanol–water partition coefficient (Wildman–Crippen LogP) is 2.72. The maximum absolute atomic E-state index is 12.8. The molecule has 0 saturated carbocycles. The number of ether oxygens (including phenoxy) is 3. The zero-order chi connectivity index (χ0) is 20.3. The standard InChI is InChI=1S/C20H20N2O6/c1-12-5-7-16(25-2)14(9-12)15(23)11-22-19(21-28-20(22)24)13-6-8-17(26-3)18(10-13)27-4/h5-10H,11H2,1-4H3. The maximum atomic E-state index is 12.8. The fourth-order valence-electron chi connectivity index (χ4n) is 2.86. The van der Waals surface area contributed by atoms with Crippen molar-refractivity contribution in [2.75, 3.05) is 21.3 Å². The number of aryl methyl sites for hydroxylation is 1. The number of ketones is 1. The van der Waals surface area contributed by atoms with Gasteiger partial charge in [0.1, 0.15) is 5.75 Å². The van der Waals surface area contributed by atoms with Crippen molar-refractivity contribution in [2.24, 2.45) is 0 Å². The van der Waals surface area contributed by atoms with E-state index < -0.39 is 5.76 Å². The minimum absolute atomic E-state index is 0.214. The Bertz CT molecular complexity index is 1070. The van der Waals surface area contributed by atoms with Crippen LogP contribution in [0.4, 0.5) is 0 Å². The molecular formula is C20H20N2O6. The van der Waals surface area contributed by atoms with E-state index in [9.17, 15) is 9.59 Å². The summed E-state index contributed by atoms with van der Waals surface area (Å²) in [5.41, 5.74) is 1.84. The zero-order valence-electron chi connectivity index (χ0n) is 16.0. The van der Waals surface area contributed by atoms with Crippen molar-refractivity contribution < 1.29 is 23.5 Å².